The van der Waals surface area contributed by atoms with Gasteiger partial charge in [-0.05, 0) is 39.2 Å². The number of fused-ring (bicyclic) bond motifs is 1. The molecule has 4 rings (SSSR count). The number of amides is 1. The summed E-state index contributed by atoms with van der Waals surface area (Å²) in [5.41, 5.74) is 2.92. The molecular formula is C17H19N5O2. The van der Waals surface area contributed by atoms with E-state index in [9.17, 15) is 4.79 Å². The number of hydrogen-bond donors (Lipinski definition) is 0. The lowest BCUT2D eigenvalue weighted by Crippen LogP contribution is -2.39. The first-order chi connectivity index (χ1) is 11.6. The fourth-order valence-electron chi connectivity index (χ4n) is 3.43. The summed E-state index contributed by atoms with van der Waals surface area (Å²) in [7, 11) is 0. The van der Waals surface area contributed by atoms with Gasteiger partial charge in [-0.25, -0.2) is 9.50 Å². The van der Waals surface area contributed by atoms with E-state index in [1.54, 1.807) is 24.6 Å². The van der Waals surface area contributed by atoms with Crippen LogP contribution in [-0.4, -0.2) is 37.1 Å². The van der Waals surface area contributed by atoms with Crippen LogP contribution in [0.25, 0.3) is 5.65 Å². The molecule has 7 nitrogen and oxygen atoms in total. The van der Waals surface area contributed by atoms with Gasteiger partial charge in [0.2, 0.25) is 0 Å². The topological polar surface area (TPSA) is 76.5 Å². The SMILES string of the molecule is Cc1noc(C)c1C(=O)N1CCCC[C@H]1c1ccn2nccc2n1. The molecule has 1 amide bonds. The Kier molecular flexibility index (Phi) is 3.55. The zero-order chi connectivity index (χ0) is 16.7. The Hall–Kier alpha value is -2.70. The lowest BCUT2D eigenvalue weighted by atomic mass is 9.97. The van der Waals surface area contributed by atoms with E-state index in [-0.39, 0.29) is 11.9 Å². The minimum absolute atomic E-state index is 0.0221. The van der Waals surface area contributed by atoms with E-state index in [1.807, 2.05) is 23.2 Å². The lowest BCUT2D eigenvalue weighted by Gasteiger charge is -2.35. The summed E-state index contributed by atoms with van der Waals surface area (Å²) < 4.78 is 6.90. The van der Waals surface area contributed by atoms with Crippen molar-refractivity contribution in [1.29, 1.82) is 0 Å². The van der Waals surface area contributed by atoms with Crippen molar-refractivity contribution in [3.05, 3.63) is 47.2 Å². The molecule has 0 unspecified atom stereocenters. The summed E-state index contributed by atoms with van der Waals surface area (Å²) >= 11 is 0. The Balaban J connectivity index is 1.71. The molecular weight excluding hydrogens is 306 g/mol. The smallest absolute Gasteiger partial charge is 0.259 e. The molecule has 1 saturated heterocycles. The number of likely N-dealkylation sites (tertiary alicyclic amines) is 1. The molecule has 0 N–H and O–H groups in total. The molecule has 0 radical (unpaired) electrons. The summed E-state index contributed by atoms with van der Waals surface area (Å²) in [5.74, 6) is 0.548. The van der Waals surface area contributed by atoms with Crippen molar-refractivity contribution < 1.29 is 9.32 Å². The Morgan fingerprint density at radius 3 is 2.96 bits per heavy atom. The lowest BCUT2D eigenvalue weighted by molar-refractivity contribution is 0.0603. The molecule has 0 spiro atoms. The van der Waals surface area contributed by atoms with Crippen molar-refractivity contribution >= 4 is 11.6 Å². The van der Waals surface area contributed by atoms with Crippen molar-refractivity contribution in [3.63, 3.8) is 0 Å². The van der Waals surface area contributed by atoms with Gasteiger partial charge in [-0.15, -0.1) is 0 Å². The predicted octanol–water partition coefficient (Wildman–Crippen LogP) is 2.70. The number of aryl methyl sites for hydroxylation is 2. The van der Waals surface area contributed by atoms with Crippen molar-refractivity contribution in [2.24, 2.45) is 0 Å². The third-order valence-corrected chi connectivity index (χ3v) is 4.63. The number of rotatable bonds is 2. The molecule has 1 atom stereocenters. The molecule has 3 aromatic heterocycles. The maximum atomic E-state index is 13.1. The van der Waals surface area contributed by atoms with Crippen LogP contribution in [0, 0.1) is 13.8 Å². The summed E-state index contributed by atoms with van der Waals surface area (Å²) in [6.07, 6.45) is 6.61. The maximum Gasteiger partial charge on any atom is 0.259 e. The first kappa shape index (κ1) is 14.9. The number of carbonyl (C=O) groups excluding carboxylic acids is 1. The zero-order valence-electron chi connectivity index (χ0n) is 13.8. The van der Waals surface area contributed by atoms with Gasteiger partial charge in [0, 0.05) is 18.8 Å². The molecule has 3 aromatic rings. The molecule has 1 aliphatic rings. The number of carbonyl (C=O) groups is 1. The molecule has 7 heteroatoms. The van der Waals surface area contributed by atoms with Crippen LogP contribution in [-0.2, 0) is 0 Å². The minimum atomic E-state index is -0.0279. The number of piperidine rings is 1. The van der Waals surface area contributed by atoms with Crippen LogP contribution in [0.4, 0.5) is 0 Å². The van der Waals surface area contributed by atoms with E-state index in [1.165, 1.54) is 0 Å². The number of hydrogen-bond acceptors (Lipinski definition) is 5. The first-order valence-electron chi connectivity index (χ1n) is 8.19. The van der Waals surface area contributed by atoms with E-state index in [0.717, 1.165) is 37.1 Å². The quantitative estimate of drug-likeness (QED) is 0.724. The molecule has 124 valence electrons. The highest BCUT2D eigenvalue weighted by atomic mass is 16.5. The van der Waals surface area contributed by atoms with Crippen LogP contribution >= 0.6 is 0 Å². The zero-order valence-corrected chi connectivity index (χ0v) is 13.8. The van der Waals surface area contributed by atoms with Gasteiger partial charge in [-0.2, -0.15) is 5.10 Å². The average molecular weight is 325 g/mol. The highest BCUT2D eigenvalue weighted by molar-refractivity contribution is 5.96. The Labute approximate surface area is 139 Å². The van der Waals surface area contributed by atoms with Gasteiger partial charge in [-0.1, -0.05) is 5.16 Å². The van der Waals surface area contributed by atoms with Gasteiger partial charge in [0.15, 0.2) is 5.65 Å². The van der Waals surface area contributed by atoms with Crippen molar-refractivity contribution in [2.75, 3.05) is 6.54 Å². The standard InChI is InChI=1S/C17H19N5O2/c1-11-16(12(2)24-20-11)17(23)21-9-4-3-5-14(21)13-7-10-22-15(19-13)6-8-18-22/h6-8,10,14H,3-5,9H2,1-2H3/t14-/m0/s1. The molecule has 1 aliphatic heterocycles. The van der Waals surface area contributed by atoms with Crippen LogP contribution < -0.4 is 0 Å². The average Bonchev–Trinajstić information content (AvgIpc) is 3.20. The summed E-state index contributed by atoms with van der Waals surface area (Å²) in [6.45, 7) is 4.31. The van der Waals surface area contributed by atoms with Gasteiger partial charge in [0.05, 0.1) is 23.6 Å². The maximum absolute atomic E-state index is 13.1. The highest BCUT2D eigenvalue weighted by Gasteiger charge is 2.32. The van der Waals surface area contributed by atoms with E-state index >= 15 is 0 Å². The largest absolute Gasteiger partial charge is 0.361 e. The summed E-state index contributed by atoms with van der Waals surface area (Å²) in [4.78, 5) is 19.7. The van der Waals surface area contributed by atoms with Gasteiger partial charge in [0.1, 0.15) is 11.3 Å². The van der Waals surface area contributed by atoms with E-state index in [2.05, 4.69) is 15.2 Å². The molecule has 1 fully saturated rings. The molecule has 4 heterocycles. The molecule has 0 aromatic carbocycles. The van der Waals surface area contributed by atoms with Crippen LogP contribution in [0.2, 0.25) is 0 Å². The van der Waals surface area contributed by atoms with E-state index < -0.39 is 0 Å². The predicted molar refractivity (Wildman–Crippen MR) is 86.6 cm³/mol. The molecule has 0 bridgehead atoms. The number of aromatic nitrogens is 4. The second-order valence-electron chi connectivity index (χ2n) is 6.20. The first-order valence-corrected chi connectivity index (χ1v) is 8.19. The van der Waals surface area contributed by atoms with Crippen molar-refractivity contribution in [1.82, 2.24) is 24.7 Å². The Morgan fingerprint density at radius 2 is 2.17 bits per heavy atom. The molecule has 0 saturated carbocycles. The van der Waals surface area contributed by atoms with Gasteiger partial charge >= 0.3 is 0 Å². The Bertz CT molecular complexity index is 878. The number of nitrogens with zero attached hydrogens (tertiary/aromatic N) is 5. The summed E-state index contributed by atoms with van der Waals surface area (Å²) in [6, 6.07) is 3.79. The van der Waals surface area contributed by atoms with Crippen molar-refractivity contribution in [2.45, 2.75) is 39.2 Å². The third kappa shape index (κ3) is 2.36. The normalized spacial score (nSPS) is 18.2. The van der Waals surface area contributed by atoms with Gasteiger partial charge < -0.3 is 9.42 Å². The van der Waals surface area contributed by atoms with Gasteiger partial charge in [0.25, 0.3) is 5.91 Å². The third-order valence-electron chi connectivity index (χ3n) is 4.63. The monoisotopic (exact) mass is 325 g/mol. The van der Waals surface area contributed by atoms with E-state index in [0.29, 0.717) is 17.0 Å². The van der Waals surface area contributed by atoms with Crippen LogP contribution in [0.5, 0.6) is 0 Å². The van der Waals surface area contributed by atoms with Crippen LogP contribution in [0.15, 0.2) is 29.0 Å². The fourth-order valence-corrected chi connectivity index (χ4v) is 3.43. The second-order valence-corrected chi connectivity index (χ2v) is 6.20. The van der Waals surface area contributed by atoms with Crippen LogP contribution in [0.1, 0.15) is 52.8 Å². The van der Waals surface area contributed by atoms with Crippen molar-refractivity contribution in [3.8, 4) is 0 Å². The van der Waals surface area contributed by atoms with E-state index in [4.69, 9.17) is 4.52 Å². The Morgan fingerprint density at radius 1 is 1.29 bits per heavy atom. The summed E-state index contributed by atoms with van der Waals surface area (Å²) in [5, 5.41) is 8.09. The molecule has 24 heavy (non-hydrogen) atoms. The van der Waals surface area contributed by atoms with Crippen LogP contribution in [0.3, 0.4) is 0 Å². The minimum Gasteiger partial charge on any atom is -0.361 e. The highest BCUT2D eigenvalue weighted by Crippen LogP contribution is 2.32. The van der Waals surface area contributed by atoms with Gasteiger partial charge in [-0.3, -0.25) is 4.79 Å². The second kappa shape index (κ2) is 5.74. The fraction of sp³-hybridized carbons (Fsp3) is 0.412. The molecule has 0 aliphatic carbocycles.